The number of alkyl halides is 1. The first-order valence-corrected chi connectivity index (χ1v) is 10.8. The Morgan fingerprint density at radius 1 is 0.839 bits per heavy atom. The number of hydrogen-bond donors (Lipinski definition) is 1. The second-order valence-electron chi connectivity index (χ2n) is 8.23. The molecule has 2 atom stereocenters. The summed E-state index contributed by atoms with van der Waals surface area (Å²) in [7, 11) is 0. The molecular weight excluding hydrogens is 458 g/mol. The van der Waals surface area contributed by atoms with Crippen LogP contribution in [0.15, 0.2) is 72.8 Å². The van der Waals surface area contributed by atoms with E-state index in [-0.39, 0.29) is 23.3 Å². The van der Waals surface area contributed by atoms with Crippen LogP contribution in [-0.2, 0) is 13.9 Å². The molecule has 0 spiro atoms. The van der Waals surface area contributed by atoms with Gasteiger partial charge in [0.2, 0.25) is 11.8 Å². The predicted octanol–water partition coefficient (Wildman–Crippen LogP) is 4.29. The number of imide groups is 1. The second-order valence-corrected chi connectivity index (χ2v) is 9.48. The molecule has 1 aliphatic heterocycles. The first kappa shape index (κ1) is 18.5. The van der Waals surface area contributed by atoms with Crippen molar-refractivity contribution in [3.05, 3.63) is 101 Å². The fourth-order valence-electron chi connectivity index (χ4n) is 5.69. The fourth-order valence-corrected chi connectivity index (χ4v) is 6.89. The SMILES string of the molecule is O=C(O)c1ccc(N2C(=O)[C@@H]3[C@@H](C2=O)C2c4ccccc4C3(Br)c3ccccc32)cc1. The molecule has 1 saturated heterocycles. The molecule has 3 aromatic rings. The van der Waals surface area contributed by atoms with Gasteiger partial charge in [0.1, 0.15) is 0 Å². The van der Waals surface area contributed by atoms with Crippen molar-refractivity contribution in [2.24, 2.45) is 11.8 Å². The molecule has 0 radical (unpaired) electrons. The number of aromatic carboxylic acids is 1. The van der Waals surface area contributed by atoms with Gasteiger partial charge in [-0.05, 0) is 46.5 Å². The molecular formula is C25H16BrNO4. The Morgan fingerprint density at radius 3 is 1.94 bits per heavy atom. The van der Waals surface area contributed by atoms with E-state index in [9.17, 15) is 19.5 Å². The number of carboxylic acids is 1. The monoisotopic (exact) mass is 473 g/mol. The number of carbonyl (C=O) groups excluding carboxylic acids is 2. The zero-order valence-electron chi connectivity index (χ0n) is 16.2. The first-order chi connectivity index (χ1) is 14.9. The van der Waals surface area contributed by atoms with Crippen LogP contribution < -0.4 is 4.90 Å². The molecule has 4 aliphatic rings. The molecule has 0 saturated carbocycles. The van der Waals surface area contributed by atoms with Gasteiger partial charge in [0.15, 0.2) is 0 Å². The molecule has 6 heteroatoms. The van der Waals surface area contributed by atoms with Gasteiger partial charge in [-0.2, -0.15) is 0 Å². The van der Waals surface area contributed by atoms with Crippen molar-refractivity contribution in [3.8, 4) is 0 Å². The molecule has 0 aromatic heterocycles. The zero-order chi connectivity index (χ0) is 21.5. The standard InChI is InChI=1S/C25H16BrNO4/c26-25-17-7-3-1-5-15(17)19(16-6-2-4-8-18(16)25)20-21(25)23(29)27(22(20)28)14-11-9-13(10-12-14)24(30)31/h1-12,19-21H,(H,30,31)/t19?,20-,21-,25?/m0/s1. The average molecular weight is 474 g/mol. The largest absolute Gasteiger partial charge is 0.478 e. The lowest BCUT2D eigenvalue weighted by atomic mass is 9.55. The van der Waals surface area contributed by atoms with Crippen LogP contribution in [0.2, 0.25) is 0 Å². The summed E-state index contributed by atoms with van der Waals surface area (Å²) in [4.78, 5) is 39.9. The third-order valence-electron chi connectivity index (χ3n) is 6.89. The lowest BCUT2D eigenvalue weighted by Crippen LogP contribution is -2.50. The minimum atomic E-state index is -1.05. The predicted molar refractivity (Wildman–Crippen MR) is 117 cm³/mol. The molecule has 0 unspecified atom stereocenters. The highest BCUT2D eigenvalue weighted by molar-refractivity contribution is 9.09. The number of nitrogens with zero attached hydrogens (tertiary/aromatic N) is 1. The minimum Gasteiger partial charge on any atom is -0.478 e. The Hall–Kier alpha value is -3.25. The van der Waals surface area contributed by atoms with E-state index in [0.29, 0.717) is 5.69 Å². The molecule has 2 amide bonds. The number of carboxylic acid groups (broad SMARTS) is 1. The van der Waals surface area contributed by atoms with Crippen molar-refractivity contribution >= 4 is 39.4 Å². The minimum absolute atomic E-state index is 0.108. The number of amides is 2. The Morgan fingerprint density at radius 2 is 1.39 bits per heavy atom. The summed E-state index contributed by atoms with van der Waals surface area (Å²) in [6.07, 6.45) is 0. The van der Waals surface area contributed by atoms with E-state index >= 15 is 0 Å². The van der Waals surface area contributed by atoms with Crippen molar-refractivity contribution in [1.29, 1.82) is 0 Å². The van der Waals surface area contributed by atoms with Crippen molar-refractivity contribution in [3.63, 3.8) is 0 Å². The van der Waals surface area contributed by atoms with Crippen molar-refractivity contribution in [2.75, 3.05) is 4.90 Å². The highest BCUT2D eigenvalue weighted by atomic mass is 79.9. The molecule has 1 fully saturated rings. The lowest BCUT2D eigenvalue weighted by Gasteiger charge is -2.51. The van der Waals surface area contributed by atoms with Crippen LogP contribution >= 0.6 is 15.9 Å². The van der Waals surface area contributed by atoms with Crippen LogP contribution in [0, 0.1) is 11.8 Å². The van der Waals surface area contributed by atoms with Gasteiger partial charge in [-0.3, -0.25) is 9.59 Å². The van der Waals surface area contributed by atoms with E-state index in [1.165, 1.54) is 29.2 Å². The summed E-state index contributed by atoms with van der Waals surface area (Å²) < 4.78 is -0.790. The van der Waals surface area contributed by atoms with Crippen molar-refractivity contribution in [2.45, 2.75) is 10.2 Å². The van der Waals surface area contributed by atoms with E-state index < -0.39 is 22.1 Å². The van der Waals surface area contributed by atoms with Crippen molar-refractivity contribution in [1.82, 2.24) is 0 Å². The molecule has 31 heavy (non-hydrogen) atoms. The maximum atomic E-state index is 13.7. The summed E-state index contributed by atoms with van der Waals surface area (Å²) >= 11 is 3.96. The highest BCUT2D eigenvalue weighted by Crippen LogP contribution is 2.66. The number of carbonyl (C=O) groups is 3. The van der Waals surface area contributed by atoms with Crippen molar-refractivity contribution < 1.29 is 19.5 Å². The molecule has 7 rings (SSSR count). The summed E-state index contributed by atoms with van der Waals surface area (Å²) in [5.41, 5.74) is 4.72. The van der Waals surface area contributed by atoms with Crippen LogP contribution in [0.25, 0.3) is 0 Å². The summed E-state index contributed by atoms with van der Waals surface area (Å²) in [5, 5.41) is 9.17. The summed E-state index contributed by atoms with van der Waals surface area (Å²) in [6.45, 7) is 0. The average Bonchev–Trinajstić information content (AvgIpc) is 3.06. The van der Waals surface area contributed by atoms with Crippen LogP contribution in [0.5, 0.6) is 0 Å². The molecule has 5 nitrogen and oxygen atoms in total. The third-order valence-corrected chi connectivity index (χ3v) is 8.23. The van der Waals surface area contributed by atoms with E-state index in [1.807, 2.05) is 48.5 Å². The normalized spacial score (nSPS) is 27.6. The van der Waals surface area contributed by atoms with Crippen LogP contribution in [0.3, 0.4) is 0 Å². The van der Waals surface area contributed by atoms with Gasteiger partial charge in [-0.15, -0.1) is 0 Å². The Bertz CT molecular complexity index is 1250. The molecule has 1 heterocycles. The number of rotatable bonds is 2. The quantitative estimate of drug-likeness (QED) is 0.445. The molecule has 3 aromatic carbocycles. The van der Waals surface area contributed by atoms with Gasteiger partial charge in [0.25, 0.3) is 0 Å². The Balaban J connectivity index is 1.55. The molecule has 1 N–H and O–H groups in total. The van der Waals surface area contributed by atoms with E-state index in [2.05, 4.69) is 15.9 Å². The Kier molecular flexibility index (Phi) is 3.67. The smallest absolute Gasteiger partial charge is 0.335 e. The van der Waals surface area contributed by atoms with Gasteiger partial charge >= 0.3 is 5.97 Å². The van der Waals surface area contributed by atoms with Gasteiger partial charge < -0.3 is 5.11 Å². The molecule has 3 aliphatic carbocycles. The fraction of sp³-hybridized carbons (Fsp3) is 0.160. The molecule has 2 bridgehead atoms. The maximum Gasteiger partial charge on any atom is 0.335 e. The number of halogens is 1. The number of anilines is 1. The second kappa shape index (κ2) is 6.14. The number of hydrogen-bond acceptors (Lipinski definition) is 3. The zero-order valence-corrected chi connectivity index (χ0v) is 17.7. The number of benzene rings is 3. The maximum absolute atomic E-state index is 13.7. The van der Waals surface area contributed by atoms with Gasteiger partial charge in [-0.25, -0.2) is 9.69 Å². The van der Waals surface area contributed by atoms with Crippen LogP contribution in [0.1, 0.15) is 38.5 Å². The van der Waals surface area contributed by atoms with E-state index in [1.54, 1.807) is 0 Å². The van der Waals surface area contributed by atoms with Gasteiger partial charge in [0.05, 0.1) is 27.4 Å². The topological polar surface area (TPSA) is 74.7 Å². The van der Waals surface area contributed by atoms with E-state index in [0.717, 1.165) is 22.3 Å². The van der Waals surface area contributed by atoms with E-state index in [4.69, 9.17) is 0 Å². The lowest BCUT2D eigenvalue weighted by molar-refractivity contribution is -0.122. The van der Waals surface area contributed by atoms with Gasteiger partial charge in [-0.1, -0.05) is 64.5 Å². The summed E-state index contributed by atoms with van der Waals surface area (Å²) in [5.74, 6) is -2.84. The third kappa shape index (κ3) is 2.18. The summed E-state index contributed by atoms with van der Waals surface area (Å²) in [6, 6.07) is 21.9. The Labute approximate surface area is 186 Å². The van der Waals surface area contributed by atoms with Crippen LogP contribution in [0.4, 0.5) is 5.69 Å². The highest BCUT2D eigenvalue weighted by Gasteiger charge is 2.67. The first-order valence-electron chi connectivity index (χ1n) is 10.0. The van der Waals surface area contributed by atoms with Gasteiger partial charge in [0, 0.05) is 5.92 Å². The van der Waals surface area contributed by atoms with Crippen LogP contribution in [-0.4, -0.2) is 22.9 Å². The molecule has 152 valence electrons.